The minimum atomic E-state index is -0.850. The van der Waals surface area contributed by atoms with Crippen molar-refractivity contribution in [1.29, 1.82) is 0 Å². The number of nitrogens with zero attached hydrogens (tertiary/aromatic N) is 2. The Kier molecular flexibility index (Phi) is 6.28. The number of ether oxygens (including phenoxy) is 1. The summed E-state index contributed by atoms with van der Waals surface area (Å²) in [6.45, 7) is 7.04. The summed E-state index contributed by atoms with van der Waals surface area (Å²) in [5.41, 5.74) is 2.08. The number of hydrogen-bond acceptors (Lipinski definition) is 4. The molecule has 2 heterocycles. The van der Waals surface area contributed by atoms with E-state index < -0.39 is 11.0 Å². The van der Waals surface area contributed by atoms with Gasteiger partial charge in [-0.3, -0.25) is 9.69 Å². The van der Waals surface area contributed by atoms with Gasteiger partial charge in [-0.15, -0.1) is 0 Å². The summed E-state index contributed by atoms with van der Waals surface area (Å²) in [7, 11) is 0. The van der Waals surface area contributed by atoms with E-state index in [0.717, 1.165) is 49.6 Å². The molecule has 1 amide bonds. The molecule has 3 aliphatic carbocycles. The van der Waals surface area contributed by atoms with Gasteiger partial charge in [-0.1, -0.05) is 55.2 Å². The molecule has 2 aromatic carbocycles. The second-order valence-corrected chi connectivity index (χ2v) is 13.9. The molecule has 7 heteroatoms. The van der Waals surface area contributed by atoms with Crippen LogP contribution in [0.3, 0.4) is 0 Å². The molecule has 2 saturated carbocycles. The van der Waals surface area contributed by atoms with Gasteiger partial charge in [0.1, 0.15) is 11.9 Å². The Morgan fingerprint density at radius 2 is 1.97 bits per heavy atom. The van der Waals surface area contributed by atoms with E-state index in [1.807, 2.05) is 6.07 Å². The molecule has 5 nitrogen and oxygen atoms in total. The van der Waals surface area contributed by atoms with Crippen LogP contribution in [0.4, 0.5) is 0 Å². The summed E-state index contributed by atoms with van der Waals surface area (Å²) in [6.07, 6.45) is 5.80. The van der Waals surface area contributed by atoms with Gasteiger partial charge in [-0.25, -0.2) is 0 Å². The van der Waals surface area contributed by atoms with Crippen molar-refractivity contribution in [2.45, 2.75) is 88.0 Å². The van der Waals surface area contributed by atoms with E-state index in [-0.39, 0.29) is 30.5 Å². The average molecular weight is 570 g/mol. The normalized spacial score (nSPS) is 32.6. The molecule has 2 bridgehead atoms. The standard InChI is InChI=1S/C32H38Cl2N2O3/c1-19(2)17-36(28(37)15-21-8-9-23(33)24(34)14-21)25-10-11-32(38)27-16-22-4-3-5-26-29(22)31(32,30(25)39-26)12-13-35(27)18-20-6-7-20/h3-5,8-9,14,19-20,25,27,30,38H,6-7,10-13,15-18H2,1-2H3/t25?,27-,30?,31+,32-/m1/s1. The van der Waals surface area contributed by atoms with Crippen molar-refractivity contribution in [3.05, 3.63) is 63.1 Å². The largest absolute Gasteiger partial charge is 0.487 e. The van der Waals surface area contributed by atoms with Crippen LogP contribution in [0.25, 0.3) is 0 Å². The first-order valence-electron chi connectivity index (χ1n) is 14.7. The number of benzene rings is 2. The highest BCUT2D eigenvalue weighted by molar-refractivity contribution is 6.42. The lowest BCUT2D eigenvalue weighted by molar-refractivity contribution is -0.202. The summed E-state index contributed by atoms with van der Waals surface area (Å²) in [5, 5.41) is 13.7. The Balaban J connectivity index is 1.26. The minimum absolute atomic E-state index is 0.0761. The molecule has 2 aromatic rings. The van der Waals surface area contributed by atoms with E-state index in [1.165, 1.54) is 24.0 Å². The summed E-state index contributed by atoms with van der Waals surface area (Å²) in [5.74, 6) is 2.08. The molecule has 1 saturated heterocycles. The van der Waals surface area contributed by atoms with Crippen LogP contribution in [0.1, 0.15) is 62.6 Å². The molecule has 1 N–H and O–H groups in total. The number of piperidine rings is 1. The smallest absolute Gasteiger partial charge is 0.227 e. The zero-order valence-corrected chi connectivity index (χ0v) is 24.3. The quantitative estimate of drug-likeness (QED) is 0.468. The fraction of sp³-hybridized carbons (Fsp3) is 0.594. The molecule has 5 aliphatic rings. The molecule has 7 rings (SSSR count). The zero-order chi connectivity index (χ0) is 27.1. The van der Waals surface area contributed by atoms with Crippen LogP contribution in [0.2, 0.25) is 10.0 Å². The Morgan fingerprint density at radius 1 is 1.15 bits per heavy atom. The van der Waals surface area contributed by atoms with Crippen molar-refractivity contribution in [3.63, 3.8) is 0 Å². The number of aliphatic hydroxyl groups is 1. The van der Waals surface area contributed by atoms with Crippen molar-refractivity contribution in [2.24, 2.45) is 11.8 Å². The second kappa shape index (κ2) is 9.37. The van der Waals surface area contributed by atoms with Gasteiger partial charge in [0.05, 0.1) is 33.5 Å². The van der Waals surface area contributed by atoms with Crippen molar-refractivity contribution < 1.29 is 14.6 Å². The molecular formula is C32H38Cl2N2O3. The first-order valence-corrected chi connectivity index (χ1v) is 15.5. The third kappa shape index (κ3) is 3.98. The van der Waals surface area contributed by atoms with E-state index in [1.54, 1.807) is 12.1 Å². The van der Waals surface area contributed by atoms with Crippen LogP contribution in [0, 0.1) is 11.8 Å². The fourth-order valence-electron chi connectivity index (χ4n) is 8.49. The Hall–Kier alpha value is -1.79. The maximum Gasteiger partial charge on any atom is 0.227 e. The first-order chi connectivity index (χ1) is 18.7. The topological polar surface area (TPSA) is 53.0 Å². The molecule has 3 fully saturated rings. The Morgan fingerprint density at radius 3 is 2.72 bits per heavy atom. The summed E-state index contributed by atoms with van der Waals surface area (Å²) >= 11 is 12.4. The monoisotopic (exact) mass is 568 g/mol. The Labute approximate surface area is 241 Å². The predicted molar refractivity (Wildman–Crippen MR) is 154 cm³/mol. The minimum Gasteiger partial charge on any atom is -0.487 e. The number of hydrogen-bond donors (Lipinski definition) is 1. The van der Waals surface area contributed by atoms with Crippen LogP contribution >= 0.6 is 23.2 Å². The maximum atomic E-state index is 14.0. The molecule has 39 heavy (non-hydrogen) atoms. The molecule has 0 aromatic heterocycles. The van der Waals surface area contributed by atoms with E-state index in [0.29, 0.717) is 28.9 Å². The second-order valence-electron chi connectivity index (χ2n) is 13.1. The van der Waals surface area contributed by atoms with Crippen LogP contribution in [-0.2, 0) is 23.1 Å². The zero-order valence-electron chi connectivity index (χ0n) is 22.8. The van der Waals surface area contributed by atoms with Crippen LogP contribution in [0.5, 0.6) is 5.75 Å². The summed E-state index contributed by atoms with van der Waals surface area (Å²) in [6, 6.07) is 11.9. The molecule has 5 atom stereocenters. The lowest BCUT2D eigenvalue weighted by atomic mass is 9.48. The van der Waals surface area contributed by atoms with Gasteiger partial charge in [0.25, 0.3) is 0 Å². The molecular weight excluding hydrogens is 531 g/mol. The third-order valence-electron chi connectivity index (χ3n) is 10.3. The number of likely N-dealkylation sites (tertiary alicyclic amines) is 1. The highest BCUT2D eigenvalue weighted by Gasteiger charge is 2.73. The number of amides is 1. The molecule has 0 radical (unpaired) electrons. The van der Waals surface area contributed by atoms with E-state index in [2.05, 4.69) is 41.8 Å². The number of carbonyl (C=O) groups excluding carboxylic acids is 1. The van der Waals surface area contributed by atoms with Gasteiger partial charge in [0.15, 0.2) is 0 Å². The van der Waals surface area contributed by atoms with Gasteiger partial charge >= 0.3 is 0 Å². The summed E-state index contributed by atoms with van der Waals surface area (Å²) < 4.78 is 6.87. The summed E-state index contributed by atoms with van der Waals surface area (Å²) in [4.78, 5) is 18.7. The van der Waals surface area contributed by atoms with Crippen molar-refractivity contribution >= 4 is 29.1 Å². The van der Waals surface area contributed by atoms with Gasteiger partial charge < -0.3 is 14.7 Å². The highest BCUT2D eigenvalue weighted by Crippen LogP contribution is 2.64. The van der Waals surface area contributed by atoms with E-state index >= 15 is 0 Å². The third-order valence-corrected chi connectivity index (χ3v) is 11.0. The molecule has 2 unspecified atom stereocenters. The van der Waals surface area contributed by atoms with Crippen molar-refractivity contribution in [2.75, 3.05) is 19.6 Å². The first kappa shape index (κ1) is 26.1. The predicted octanol–water partition coefficient (Wildman–Crippen LogP) is 5.65. The number of rotatable bonds is 7. The molecule has 208 valence electrons. The lowest BCUT2D eigenvalue weighted by Crippen LogP contribution is -2.78. The van der Waals surface area contributed by atoms with Crippen molar-refractivity contribution in [1.82, 2.24) is 9.80 Å². The van der Waals surface area contributed by atoms with Gasteiger partial charge in [0.2, 0.25) is 5.91 Å². The number of carbonyl (C=O) groups is 1. The molecule has 2 aliphatic heterocycles. The van der Waals surface area contributed by atoms with Crippen LogP contribution < -0.4 is 4.74 Å². The fourth-order valence-corrected chi connectivity index (χ4v) is 8.81. The van der Waals surface area contributed by atoms with Gasteiger partial charge in [-0.05, 0) is 86.2 Å². The van der Waals surface area contributed by atoms with Crippen LogP contribution in [0.15, 0.2) is 36.4 Å². The highest BCUT2D eigenvalue weighted by atomic mass is 35.5. The van der Waals surface area contributed by atoms with Crippen molar-refractivity contribution in [3.8, 4) is 5.75 Å². The van der Waals surface area contributed by atoms with E-state index in [4.69, 9.17) is 27.9 Å². The average Bonchev–Trinajstić information content (AvgIpc) is 3.64. The maximum absolute atomic E-state index is 14.0. The Bertz CT molecular complexity index is 1310. The SMILES string of the molecule is CC(C)CN(C(=O)Cc1ccc(Cl)c(Cl)c1)C1CC[C@@]2(O)[C@H]3Cc4cccc5c4[C@@]2(CCN3CC2CC2)C1O5. The van der Waals surface area contributed by atoms with Gasteiger partial charge in [0, 0.05) is 24.7 Å². The van der Waals surface area contributed by atoms with Crippen LogP contribution in [-0.4, -0.2) is 64.2 Å². The number of halogens is 2. The van der Waals surface area contributed by atoms with Gasteiger partial charge in [-0.2, -0.15) is 0 Å². The lowest BCUT2D eigenvalue weighted by Gasteiger charge is -2.65. The van der Waals surface area contributed by atoms with E-state index in [9.17, 15) is 9.90 Å². The molecule has 1 spiro atoms.